The Labute approximate surface area is 249 Å². The van der Waals surface area contributed by atoms with E-state index >= 15 is 0 Å². The van der Waals surface area contributed by atoms with Gasteiger partial charge in [0.05, 0.1) is 6.54 Å². The zero-order valence-corrected chi connectivity index (χ0v) is 25.1. The summed E-state index contributed by atoms with van der Waals surface area (Å²) in [5.41, 5.74) is 5.16. The number of carbonyl (C=O) groups excluding carboxylic acids is 2. The van der Waals surface area contributed by atoms with Gasteiger partial charge in [-0.25, -0.2) is 15.0 Å². The van der Waals surface area contributed by atoms with Gasteiger partial charge in [-0.3, -0.25) is 14.6 Å². The van der Waals surface area contributed by atoms with Gasteiger partial charge < -0.3 is 15.5 Å². The molecule has 0 radical (unpaired) electrons. The first-order valence-electron chi connectivity index (χ1n) is 13.0. The third-order valence-electron chi connectivity index (χ3n) is 6.71. The molecule has 2 N–H and O–H groups in total. The Morgan fingerprint density at radius 3 is 2.25 bits per heavy atom. The highest BCUT2D eigenvalue weighted by molar-refractivity contribution is 5.87. The number of rotatable bonds is 11. The number of carbonyl (C=O) groups is 2. The average molecular weight is 589 g/mol. The smallest absolute Gasteiger partial charge is 0.256 e. The highest BCUT2D eigenvalue weighted by Crippen LogP contribution is 2.24. The summed E-state index contributed by atoms with van der Waals surface area (Å²) in [4.78, 5) is 36.9. The van der Waals surface area contributed by atoms with E-state index in [2.05, 4.69) is 46.6 Å². The Morgan fingerprint density at radius 1 is 0.975 bits per heavy atom. The van der Waals surface area contributed by atoms with Gasteiger partial charge in [0.25, 0.3) is 5.91 Å². The lowest BCUT2D eigenvalue weighted by atomic mass is 10.1. The topological polar surface area (TPSA) is 93.7 Å². The maximum Gasteiger partial charge on any atom is 0.256 e. The molecule has 2 aromatic carbocycles. The van der Waals surface area contributed by atoms with Gasteiger partial charge in [-0.15, -0.1) is 24.8 Å². The highest BCUT2D eigenvalue weighted by atomic mass is 35.5. The fourth-order valence-electron chi connectivity index (χ4n) is 4.41. The van der Waals surface area contributed by atoms with Crippen LogP contribution in [0.15, 0.2) is 60.9 Å². The van der Waals surface area contributed by atoms with Gasteiger partial charge in [0.2, 0.25) is 5.91 Å². The summed E-state index contributed by atoms with van der Waals surface area (Å²) in [5, 5.41) is 10.3. The zero-order valence-electron chi connectivity index (χ0n) is 23.5. The number of likely N-dealkylation sites (N-methyl/N-ethyl adjacent to an activating group) is 1. The molecule has 3 aromatic rings. The van der Waals surface area contributed by atoms with E-state index in [9.17, 15) is 9.59 Å². The summed E-state index contributed by atoms with van der Waals surface area (Å²) < 4.78 is 0. The van der Waals surface area contributed by atoms with Crippen LogP contribution in [0.4, 0.5) is 5.69 Å². The van der Waals surface area contributed by atoms with Crippen LogP contribution in [0.5, 0.6) is 0 Å². The molecule has 9 nitrogen and oxygen atoms in total. The van der Waals surface area contributed by atoms with Crippen LogP contribution in [-0.2, 0) is 22.7 Å². The van der Waals surface area contributed by atoms with Crippen molar-refractivity contribution in [1.29, 1.82) is 0 Å². The lowest BCUT2D eigenvalue weighted by Gasteiger charge is -2.31. The van der Waals surface area contributed by atoms with Crippen molar-refractivity contribution in [2.75, 3.05) is 38.5 Å². The Bertz CT molecular complexity index is 1240. The average Bonchev–Trinajstić information content (AvgIpc) is 3.36. The van der Waals surface area contributed by atoms with Gasteiger partial charge in [0, 0.05) is 62.9 Å². The van der Waals surface area contributed by atoms with Crippen molar-refractivity contribution < 1.29 is 9.59 Å². The molecule has 0 spiro atoms. The van der Waals surface area contributed by atoms with E-state index in [4.69, 9.17) is 0 Å². The monoisotopic (exact) mass is 587 g/mol. The number of anilines is 1. The first-order valence-corrected chi connectivity index (χ1v) is 13.0. The molecule has 0 atom stereocenters. The molecule has 0 aliphatic carbocycles. The number of nitrogens with zero attached hydrogens (tertiary/aromatic N) is 5. The van der Waals surface area contributed by atoms with Crippen molar-refractivity contribution in [1.82, 2.24) is 30.2 Å². The number of benzene rings is 2. The van der Waals surface area contributed by atoms with Crippen LogP contribution < -0.4 is 10.6 Å². The van der Waals surface area contributed by atoms with E-state index in [0.29, 0.717) is 32.0 Å². The summed E-state index contributed by atoms with van der Waals surface area (Å²) >= 11 is 0. The first-order chi connectivity index (χ1) is 18.3. The predicted octanol–water partition coefficient (Wildman–Crippen LogP) is 3.92. The predicted molar refractivity (Wildman–Crippen MR) is 163 cm³/mol. The van der Waals surface area contributed by atoms with Crippen molar-refractivity contribution in [2.24, 2.45) is 0 Å². The second kappa shape index (κ2) is 15.5. The van der Waals surface area contributed by atoms with Gasteiger partial charge in [-0.05, 0) is 35.7 Å². The van der Waals surface area contributed by atoms with Crippen LogP contribution in [0.1, 0.15) is 30.5 Å². The Morgan fingerprint density at radius 2 is 1.62 bits per heavy atom. The molecule has 4 rings (SSSR count). The molecule has 1 aliphatic rings. The van der Waals surface area contributed by atoms with Crippen LogP contribution in [0, 0.1) is 6.92 Å². The number of hydrogen-bond acceptors (Lipinski definition) is 7. The second-order valence-corrected chi connectivity index (χ2v) is 9.89. The fourth-order valence-corrected chi connectivity index (χ4v) is 4.41. The molecule has 0 saturated carbocycles. The number of hydrogen-bond donors (Lipinski definition) is 2. The minimum atomic E-state index is -0.136. The van der Waals surface area contributed by atoms with Gasteiger partial charge >= 0.3 is 0 Å². The normalized spacial score (nSPS) is 12.2. The van der Waals surface area contributed by atoms with E-state index < -0.39 is 0 Å². The quantitative estimate of drug-likeness (QED) is 0.351. The molecule has 1 aromatic heterocycles. The van der Waals surface area contributed by atoms with Crippen LogP contribution in [0.2, 0.25) is 0 Å². The van der Waals surface area contributed by atoms with Crippen LogP contribution in [0.3, 0.4) is 0 Å². The summed E-state index contributed by atoms with van der Waals surface area (Å²) in [6.45, 7) is 8.61. The summed E-state index contributed by atoms with van der Waals surface area (Å²) in [5.74, 6) is 0.374. The molecular weight excluding hydrogens is 549 g/mol. The van der Waals surface area contributed by atoms with Crippen molar-refractivity contribution in [3.63, 3.8) is 0 Å². The number of fused-ring (bicyclic) bond motifs is 1. The standard InChI is InChI=1S/C29H37N7O2.2ClH/c1-21(2)30-14-15-35(20-28(38)34(4)36-18-24-8-5-6-9-25(24)19-36)27(37)17-33-26-16-23(11-10-22(26)3)29-31-12-7-13-32-29;;/h5-13,16,21,30,33H,14-15,17-20H2,1-4H3;2*1H. The second-order valence-electron chi connectivity index (χ2n) is 9.89. The molecule has 2 amide bonds. The van der Waals surface area contributed by atoms with E-state index in [1.54, 1.807) is 35.4 Å². The minimum Gasteiger partial charge on any atom is -0.376 e. The Kier molecular flexibility index (Phi) is 12.8. The third-order valence-corrected chi connectivity index (χ3v) is 6.71. The van der Waals surface area contributed by atoms with Crippen LogP contribution in [0.25, 0.3) is 11.4 Å². The molecule has 2 heterocycles. The van der Waals surface area contributed by atoms with E-state index in [0.717, 1.165) is 16.8 Å². The summed E-state index contributed by atoms with van der Waals surface area (Å²) in [6.07, 6.45) is 3.41. The number of aromatic nitrogens is 2. The molecule has 0 fully saturated rings. The van der Waals surface area contributed by atoms with Gasteiger partial charge in [0.15, 0.2) is 5.82 Å². The van der Waals surface area contributed by atoms with Gasteiger partial charge in [-0.1, -0.05) is 50.2 Å². The van der Waals surface area contributed by atoms with Crippen LogP contribution in [-0.4, -0.2) is 76.0 Å². The Balaban J connectivity index is 0.00000280. The summed E-state index contributed by atoms with van der Waals surface area (Å²) in [7, 11) is 1.78. The molecule has 1 aliphatic heterocycles. The number of nitrogens with one attached hydrogen (secondary N) is 2. The van der Waals surface area contributed by atoms with Gasteiger partial charge in [-0.2, -0.15) is 0 Å². The SMILES string of the molecule is Cc1ccc(-c2ncccn2)cc1NCC(=O)N(CCNC(C)C)CC(=O)N(C)N1Cc2ccccc2C1.Cl.Cl. The van der Waals surface area contributed by atoms with Crippen LogP contribution >= 0.6 is 24.8 Å². The minimum absolute atomic E-state index is 0. The lowest BCUT2D eigenvalue weighted by molar-refractivity contribution is -0.151. The maximum absolute atomic E-state index is 13.3. The van der Waals surface area contributed by atoms with E-state index in [1.165, 1.54) is 11.1 Å². The maximum atomic E-state index is 13.3. The molecule has 0 unspecified atom stereocenters. The molecule has 11 heteroatoms. The molecular formula is C29H39Cl2N7O2. The largest absolute Gasteiger partial charge is 0.376 e. The molecule has 40 heavy (non-hydrogen) atoms. The fraction of sp³-hybridized carbons (Fsp3) is 0.379. The zero-order chi connectivity index (χ0) is 27.1. The van der Waals surface area contributed by atoms with Crippen molar-refractivity contribution in [2.45, 2.75) is 39.9 Å². The summed E-state index contributed by atoms with van der Waals surface area (Å²) in [6, 6.07) is 16.2. The molecule has 0 bridgehead atoms. The van der Waals surface area contributed by atoms with E-state index in [1.807, 2.05) is 42.3 Å². The van der Waals surface area contributed by atoms with Gasteiger partial charge in [0.1, 0.15) is 6.54 Å². The van der Waals surface area contributed by atoms with E-state index in [-0.39, 0.29) is 55.8 Å². The molecule has 216 valence electrons. The van der Waals surface area contributed by atoms with Crippen molar-refractivity contribution in [3.05, 3.63) is 77.6 Å². The Hall–Kier alpha value is -3.24. The lowest BCUT2D eigenvalue weighted by Crippen LogP contribution is -2.49. The first kappa shape index (κ1) is 33.0. The third kappa shape index (κ3) is 8.63. The number of halogens is 2. The number of hydrazine groups is 1. The number of amides is 2. The number of aryl methyl sites for hydroxylation is 1. The molecule has 0 saturated heterocycles. The highest BCUT2D eigenvalue weighted by Gasteiger charge is 2.27. The van der Waals surface area contributed by atoms with Crippen molar-refractivity contribution >= 4 is 42.3 Å². The van der Waals surface area contributed by atoms with Crippen molar-refractivity contribution in [3.8, 4) is 11.4 Å².